The molecule has 0 atom stereocenters. The predicted molar refractivity (Wildman–Crippen MR) is 106 cm³/mol. The molecule has 0 aromatic heterocycles. The molecule has 1 aliphatic heterocycles. The van der Waals surface area contributed by atoms with Gasteiger partial charge in [-0.1, -0.05) is 32.0 Å². The van der Waals surface area contributed by atoms with Crippen molar-refractivity contribution in [2.24, 2.45) is 0 Å². The molecule has 1 saturated heterocycles. The number of para-hydroxylation sites is 1. The molecule has 0 radical (unpaired) electrons. The third-order valence-electron chi connectivity index (χ3n) is 4.79. The highest BCUT2D eigenvalue weighted by atomic mass is 16.2. The van der Waals surface area contributed by atoms with Gasteiger partial charge in [-0.15, -0.1) is 0 Å². The smallest absolute Gasteiger partial charge is 0.263 e. The van der Waals surface area contributed by atoms with Crippen molar-refractivity contribution in [3.8, 4) is 6.07 Å². The summed E-state index contributed by atoms with van der Waals surface area (Å²) >= 11 is 0. The number of nitriles is 1. The molecule has 6 heteroatoms. The maximum atomic E-state index is 12.2. The average molecular weight is 368 g/mol. The molecular weight excluding hydrogens is 340 g/mol. The van der Waals surface area contributed by atoms with Gasteiger partial charge in [0, 0.05) is 37.9 Å². The predicted octanol–water partition coefficient (Wildman–Crippen LogP) is 2.76. The number of likely N-dealkylation sites (tertiary alicyclic amines) is 1. The van der Waals surface area contributed by atoms with E-state index in [9.17, 15) is 14.9 Å². The minimum Gasteiger partial charge on any atom is -0.360 e. The molecule has 2 N–H and O–H groups in total. The van der Waals surface area contributed by atoms with Crippen molar-refractivity contribution in [2.45, 2.75) is 46.0 Å². The molecular formula is C21H28N4O2. The first-order chi connectivity index (χ1) is 13.1. The maximum Gasteiger partial charge on any atom is 0.263 e. The van der Waals surface area contributed by atoms with Crippen LogP contribution in [0, 0.1) is 11.3 Å². The van der Waals surface area contributed by atoms with Crippen LogP contribution in [0.25, 0.3) is 0 Å². The zero-order valence-corrected chi connectivity index (χ0v) is 16.2. The Kier molecular flexibility index (Phi) is 7.87. The molecule has 0 unspecified atom stereocenters. The van der Waals surface area contributed by atoms with Crippen LogP contribution in [-0.4, -0.2) is 36.3 Å². The normalized spacial score (nSPS) is 14.2. The molecule has 2 amide bonds. The van der Waals surface area contributed by atoms with Crippen LogP contribution in [0.5, 0.6) is 0 Å². The van der Waals surface area contributed by atoms with Crippen LogP contribution in [0.15, 0.2) is 30.0 Å². The maximum absolute atomic E-state index is 12.2. The van der Waals surface area contributed by atoms with Gasteiger partial charge in [0.15, 0.2) is 0 Å². The van der Waals surface area contributed by atoms with Crippen LogP contribution >= 0.6 is 0 Å². The van der Waals surface area contributed by atoms with Crippen molar-refractivity contribution in [1.29, 1.82) is 5.26 Å². The SMILES string of the molecule is CCc1cccc(CC)c1N/C=C(/C#N)C(=O)NCCCN1CCCC1=O. The van der Waals surface area contributed by atoms with Crippen molar-refractivity contribution >= 4 is 17.5 Å². The van der Waals surface area contributed by atoms with Crippen LogP contribution < -0.4 is 10.6 Å². The van der Waals surface area contributed by atoms with Gasteiger partial charge < -0.3 is 15.5 Å². The third kappa shape index (κ3) is 5.58. The standard InChI is InChI=1S/C21H28N4O2/c1-3-16-8-5-9-17(4-2)20(16)24-15-18(14-22)21(27)23-11-7-13-25-12-6-10-19(25)26/h5,8-9,15,24H,3-4,6-7,10-13H2,1-2H3,(H,23,27)/b18-15-. The molecule has 0 spiro atoms. The number of benzene rings is 1. The van der Waals surface area contributed by atoms with E-state index < -0.39 is 5.91 Å². The number of anilines is 1. The summed E-state index contributed by atoms with van der Waals surface area (Å²) in [6, 6.07) is 8.07. The molecule has 0 saturated carbocycles. The fraction of sp³-hybridized carbons (Fsp3) is 0.476. The molecule has 0 bridgehead atoms. The number of nitrogens with zero attached hydrogens (tertiary/aromatic N) is 2. The lowest BCUT2D eigenvalue weighted by atomic mass is 10.0. The number of rotatable bonds is 9. The fourth-order valence-electron chi connectivity index (χ4n) is 3.23. The second-order valence-corrected chi connectivity index (χ2v) is 6.57. The van der Waals surface area contributed by atoms with Crippen LogP contribution in [-0.2, 0) is 22.4 Å². The van der Waals surface area contributed by atoms with Crippen LogP contribution in [0.3, 0.4) is 0 Å². The molecule has 1 aliphatic rings. The Morgan fingerprint density at radius 1 is 1.30 bits per heavy atom. The molecule has 1 aromatic carbocycles. The summed E-state index contributed by atoms with van der Waals surface area (Å²) in [6.07, 6.45) is 5.44. The van der Waals surface area contributed by atoms with Gasteiger partial charge in [-0.25, -0.2) is 0 Å². The van der Waals surface area contributed by atoms with E-state index >= 15 is 0 Å². The minimum atomic E-state index is -0.398. The van der Waals surface area contributed by atoms with E-state index in [0.717, 1.165) is 42.6 Å². The first-order valence-corrected chi connectivity index (χ1v) is 9.64. The lowest BCUT2D eigenvalue weighted by Crippen LogP contribution is -2.31. The number of hydrogen-bond acceptors (Lipinski definition) is 4. The Bertz CT molecular complexity index is 727. The van der Waals surface area contributed by atoms with Crippen molar-refractivity contribution in [3.05, 3.63) is 41.1 Å². The topological polar surface area (TPSA) is 85.2 Å². The molecule has 144 valence electrons. The summed E-state index contributed by atoms with van der Waals surface area (Å²) in [6.45, 7) is 6.04. The van der Waals surface area contributed by atoms with Crippen molar-refractivity contribution in [3.63, 3.8) is 0 Å². The number of nitrogens with one attached hydrogen (secondary N) is 2. The van der Waals surface area contributed by atoms with Gasteiger partial charge >= 0.3 is 0 Å². The monoisotopic (exact) mass is 368 g/mol. The lowest BCUT2D eigenvalue weighted by Gasteiger charge is -2.15. The van der Waals surface area contributed by atoms with Crippen molar-refractivity contribution in [1.82, 2.24) is 10.2 Å². The van der Waals surface area contributed by atoms with Crippen LogP contribution in [0.1, 0.15) is 44.2 Å². The number of aryl methyl sites for hydroxylation is 2. The van der Waals surface area contributed by atoms with E-state index in [1.165, 1.54) is 6.20 Å². The van der Waals surface area contributed by atoms with Crippen molar-refractivity contribution in [2.75, 3.05) is 25.0 Å². The zero-order chi connectivity index (χ0) is 19.6. The van der Waals surface area contributed by atoms with E-state index in [4.69, 9.17) is 0 Å². The highest BCUT2D eigenvalue weighted by molar-refractivity contribution is 5.97. The van der Waals surface area contributed by atoms with Crippen LogP contribution in [0.2, 0.25) is 0 Å². The molecule has 1 fully saturated rings. The van der Waals surface area contributed by atoms with Gasteiger partial charge in [0.2, 0.25) is 5.91 Å². The van der Waals surface area contributed by atoms with Gasteiger partial charge in [0.05, 0.1) is 0 Å². The van der Waals surface area contributed by atoms with Gasteiger partial charge in [-0.2, -0.15) is 5.26 Å². The lowest BCUT2D eigenvalue weighted by molar-refractivity contribution is -0.127. The van der Waals surface area contributed by atoms with E-state index in [1.54, 1.807) is 0 Å². The average Bonchev–Trinajstić information content (AvgIpc) is 3.10. The Morgan fingerprint density at radius 3 is 2.56 bits per heavy atom. The second kappa shape index (κ2) is 10.4. The third-order valence-corrected chi connectivity index (χ3v) is 4.79. The van der Waals surface area contributed by atoms with Gasteiger partial charge in [-0.3, -0.25) is 9.59 Å². The summed E-state index contributed by atoms with van der Waals surface area (Å²) in [5, 5.41) is 15.2. The van der Waals surface area contributed by atoms with E-state index in [1.807, 2.05) is 29.2 Å². The highest BCUT2D eigenvalue weighted by Crippen LogP contribution is 2.22. The van der Waals surface area contributed by atoms with E-state index in [0.29, 0.717) is 25.9 Å². The number of amides is 2. The molecule has 6 nitrogen and oxygen atoms in total. The second-order valence-electron chi connectivity index (χ2n) is 6.57. The number of hydrogen-bond donors (Lipinski definition) is 2. The summed E-state index contributed by atoms with van der Waals surface area (Å²) in [4.78, 5) is 25.6. The fourth-order valence-corrected chi connectivity index (χ4v) is 3.23. The highest BCUT2D eigenvalue weighted by Gasteiger charge is 2.19. The summed E-state index contributed by atoms with van der Waals surface area (Å²) in [7, 11) is 0. The Morgan fingerprint density at radius 2 is 2.00 bits per heavy atom. The quantitative estimate of drug-likeness (QED) is 0.399. The van der Waals surface area contributed by atoms with E-state index in [-0.39, 0.29) is 11.5 Å². The Balaban J connectivity index is 1.91. The molecule has 1 aromatic rings. The van der Waals surface area contributed by atoms with Gasteiger partial charge in [-0.05, 0) is 36.8 Å². The number of carbonyl (C=O) groups is 2. The van der Waals surface area contributed by atoms with Gasteiger partial charge in [0.1, 0.15) is 11.6 Å². The van der Waals surface area contributed by atoms with Gasteiger partial charge in [0.25, 0.3) is 5.91 Å². The summed E-state index contributed by atoms with van der Waals surface area (Å²) in [5.74, 6) is -0.214. The summed E-state index contributed by atoms with van der Waals surface area (Å²) < 4.78 is 0. The largest absolute Gasteiger partial charge is 0.360 e. The molecule has 1 heterocycles. The molecule has 27 heavy (non-hydrogen) atoms. The molecule has 2 rings (SSSR count). The van der Waals surface area contributed by atoms with E-state index in [2.05, 4.69) is 24.5 Å². The molecule has 0 aliphatic carbocycles. The first kappa shape index (κ1) is 20.5. The zero-order valence-electron chi connectivity index (χ0n) is 16.2. The minimum absolute atomic E-state index is 0.0419. The first-order valence-electron chi connectivity index (χ1n) is 9.64. The Labute approximate surface area is 161 Å². The van der Waals surface area contributed by atoms with Crippen molar-refractivity contribution < 1.29 is 9.59 Å². The summed E-state index contributed by atoms with van der Waals surface area (Å²) in [5.41, 5.74) is 3.31. The van der Waals surface area contributed by atoms with Crippen LogP contribution in [0.4, 0.5) is 5.69 Å². The number of carbonyl (C=O) groups excluding carboxylic acids is 2. The Hall–Kier alpha value is -2.81.